The number of aryl methyl sites for hydroxylation is 1. The molecule has 18 heavy (non-hydrogen) atoms. The van der Waals surface area contributed by atoms with Gasteiger partial charge in [0.25, 0.3) is 0 Å². The van der Waals surface area contributed by atoms with E-state index in [0.29, 0.717) is 17.9 Å². The number of methoxy groups -OCH3 is 1. The molecule has 0 saturated heterocycles. The zero-order chi connectivity index (χ0) is 13.1. The Balaban J connectivity index is 2.57. The molecule has 0 saturated carbocycles. The van der Waals surface area contributed by atoms with Crippen molar-refractivity contribution >= 4 is 22.5 Å². The fraction of sp³-hybridized carbons (Fsp3) is 0.308. The monoisotopic (exact) mass is 245 g/mol. The number of amides is 1. The van der Waals surface area contributed by atoms with E-state index in [4.69, 9.17) is 4.74 Å². The summed E-state index contributed by atoms with van der Waals surface area (Å²) in [6, 6.07) is 3.65. The van der Waals surface area contributed by atoms with E-state index in [0.717, 1.165) is 16.6 Å². The number of rotatable bonds is 3. The number of benzene rings is 1. The number of aromatic nitrogens is 2. The first-order valence-corrected chi connectivity index (χ1v) is 5.75. The van der Waals surface area contributed by atoms with Gasteiger partial charge in [0.15, 0.2) is 0 Å². The number of nitrogens with zero attached hydrogens (tertiary/aromatic N) is 2. The molecule has 0 spiro atoms. The molecule has 0 fully saturated rings. The van der Waals surface area contributed by atoms with Crippen LogP contribution in [0, 0.1) is 6.92 Å². The van der Waals surface area contributed by atoms with E-state index in [1.54, 1.807) is 20.1 Å². The Bertz CT molecular complexity index is 596. The van der Waals surface area contributed by atoms with Crippen molar-refractivity contribution in [2.24, 2.45) is 0 Å². The lowest BCUT2D eigenvalue weighted by atomic mass is 10.1. The maximum absolute atomic E-state index is 11.5. The van der Waals surface area contributed by atoms with Gasteiger partial charge in [0.1, 0.15) is 12.1 Å². The molecular formula is C13H15N3O2. The van der Waals surface area contributed by atoms with Crippen LogP contribution in [0.3, 0.4) is 0 Å². The molecule has 0 atom stereocenters. The van der Waals surface area contributed by atoms with Gasteiger partial charge >= 0.3 is 0 Å². The summed E-state index contributed by atoms with van der Waals surface area (Å²) in [5.41, 5.74) is 2.32. The highest BCUT2D eigenvalue weighted by Gasteiger charge is 2.10. The van der Waals surface area contributed by atoms with Gasteiger partial charge in [0, 0.05) is 23.6 Å². The lowest BCUT2D eigenvalue weighted by Crippen LogP contribution is -2.10. The highest BCUT2D eigenvalue weighted by atomic mass is 16.5. The molecule has 0 aliphatic heterocycles. The van der Waals surface area contributed by atoms with E-state index in [2.05, 4.69) is 15.3 Å². The fourth-order valence-corrected chi connectivity index (χ4v) is 1.72. The number of ether oxygens (including phenoxy) is 1. The second-order valence-electron chi connectivity index (χ2n) is 3.93. The van der Waals surface area contributed by atoms with Crippen molar-refractivity contribution in [1.82, 2.24) is 9.97 Å². The molecule has 2 aromatic rings. The van der Waals surface area contributed by atoms with Crippen LogP contribution >= 0.6 is 0 Å². The van der Waals surface area contributed by atoms with E-state index >= 15 is 0 Å². The zero-order valence-corrected chi connectivity index (χ0v) is 10.7. The Morgan fingerprint density at radius 2 is 2.17 bits per heavy atom. The van der Waals surface area contributed by atoms with Crippen LogP contribution in [0.25, 0.3) is 10.9 Å². The van der Waals surface area contributed by atoms with Gasteiger partial charge in [-0.3, -0.25) is 4.79 Å². The van der Waals surface area contributed by atoms with Crippen LogP contribution in [-0.4, -0.2) is 23.0 Å². The predicted octanol–water partition coefficient (Wildman–Crippen LogP) is 2.30. The Labute approximate surface area is 105 Å². The normalized spacial score (nSPS) is 10.4. The number of hydrogen-bond donors (Lipinski definition) is 1. The summed E-state index contributed by atoms with van der Waals surface area (Å²) in [6.07, 6.45) is 1.94. The molecule has 0 unspecified atom stereocenters. The summed E-state index contributed by atoms with van der Waals surface area (Å²) in [5.74, 6) is 0.546. The van der Waals surface area contributed by atoms with Crippen molar-refractivity contribution in [3.05, 3.63) is 24.2 Å². The summed E-state index contributed by atoms with van der Waals surface area (Å²) in [6.45, 7) is 3.71. The molecule has 1 aromatic carbocycles. The topological polar surface area (TPSA) is 64.1 Å². The second kappa shape index (κ2) is 5.00. The standard InChI is InChI=1S/C13H15N3O2/c1-4-13(17)16-11-5-9-8(2)14-7-15-10(9)6-12(11)18-3/h5-7H,4H2,1-3H3,(H,16,17). The number of hydrogen-bond acceptors (Lipinski definition) is 4. The third-order valence-corrected chi connectivity index (χ3v) is 2.75. The predicted molar refractivity (Wildman–Crippen MR) is 69.7 cm³/mol. The number of nitrogens with one attached hydrogen (secondary N) is 1. The van der Waals surface area contributed by atoms with Gasteiger partial charge in [0.05, 0.1) is 18.3 Å². The van der Waals surface area contributed by atoms with Gasteiger partial charge in [-0.05, 0) is 13.0 Å². The van der Waals surface area contributed by atoms with E-state index in [-0.39, 0.29) is 5.91 Å². The minimum absolute atomic E-state index is 0.0536. The van der Waals surface area contributed by atoms with Gasteiger partial charge in [-0.2, -0.15) is 0 Å². The molecule has 2 rings (SSSR count). The van der Waals surface area contributed by atoms with E-state index in [1.807, 2.05) is 13.0 Å². The molecule has 94 valence electrons. The van der Waals surface area contributed by atoms with Crippen LogP contribution in [0.2, 0.25) is 0 Å². The van der Waals surface area contributed by atoms with Gasteiger partial charge in [-0.15, -0.1) is 0 Å². The summed E-state index contributed by atoms with van der Waals surface area (Å²) in [4.78, 5) is 19.8. The zero-order valence-electron chi connectivity index (χ0n) is 10.7. The van der Waals surface area contributed by atoms with Gasteiger partial charge in [-0.25, -0.2) is 9.97 Å². The third kappa shape index (κ3) is 2.25. The average molecular weight is 245 g/mol. The van der Waals surface area contributed by atoms with Crippen LogP contribution < -0.4 is 10.1 Å². The molecule has 1 heterocycles. The van der Waals surface area contributed by atoms with Gasteiger partial charge in [-0.1, -0.05) is 6.92 Å². The van der Waals surface area contributed by atoms with Gasteiger partial charge in [0.2, 0.25) is 5.91 Å². The summed E-state index contributed by atoms with van der Waals surface area (Å²) >= 11 is 0. The van der Waals surface area contributed by atoms with Crippen molar-refractivity contribution in [3.63, 3.8) is 0 Å². The molecule has 0 aliphatic carbocycles. The average Bonchev–Trinajstić information content (AvgIpc) is 2.39. The fourth-order valence-electron chi connectivity index (χ4n) is 1.72. The Morgan fingerprint density at radius 3 is 2.83 bits per heavy atom. The highest BCUT2D eigenvalue weighted by Crippen LogP contribution is 2.30. The second-order valence-corrected chi connectivity index (χ2v) is 3.93. The smallest absolute Gasteiger partial charge is 0.224 e. The van der Waals surface area contributed by atoms with E-state index in [9.17, 15) is 4.79 Å². The Hall–Kier alpha value is -2.17. The van der Waals surface area contributed by atoms with Crippen molar-refractivity contribution < 1.29 is 9.53 Å². The molecule has 1 amide bonds. The first-order valence-electron chi connectivity index (χ1n) is 5.75. The number of fused-ring (bicyclic) bond motifs is 1. The first kappa shape index (κ1) is 12.3. The van der Waals surface area contributed by atoms with Crippen LogP contribution in [0.4, 0.5) is 5.69 Å². The van der Waals surface area contributed by atoms with Crippen LogP contribution in [0.1, 0.15) is 19.0 Å². The van der Waals surface area contributed by atoms with Crippen molar-refractivity contribution in [2.75, 3.05) is 12.4 Å². The number of anilines is 1. The maximum atomic E-state index is 11.5. The van der Waals surface area contributed by atoms with Crippen molar-refractivity contribution in [2.45, 2.75) is 20.3 Å². The highest BCUT2D eigenvalue weighted by molar-refractivity contribution is 5.96. The molecule has 1 N–H and O–H groups in total. The number of carbonyl (C=O) groups is 1. The molecule has 5 heteroatoms. The minimum Gasteiger partial charge on any atom is -0.494 e. The van der Waals surface area contributed by atoms with Crippen molar-refractivity contribution in [3.8, 4) is 5.75 Å². The quantitative estimate of drug-likeness (QED) is 0.901. The van der Waals surface area contributed by atoms with Crippen LogP contribution in [-0.2, 0) is 4.79 Å². The first-order chi connectivity index (χ1) is 8.65. The molecule has 0 bridgehead atoms. The summed E-state index contributed by atoms with van der Waals surface area (Å²) in [5, 5.41) is 3.72. The van der Waals surface area contributed by atoms with E-state index in [1.165, 1.54) is 6.33 Å². The lowest BCUT2D eigenvalue weighted by Gasteiger charge is -2.11. The molecule has 0 aliphatic rings. The van der Waals surface area contributed by atoms with E-state index < -0.39 is 0 Å². The molecular weight excluding hydrogens is 230 g/mol. The molecule has 5 nitrogen and oxygen atoms in total. The largest absolute Gasteiger partial charge is 0.494 e. The third-order valence-electron chi connectivity index (χ3n) is 2.75. The summed E-state index contributed by atoms with van der Waals surface area (Å²) < 4.78 is 5.26. The maximum Gasteiger partial charge on any atom is 0.224 e. The minimum atomic E-state index is -0.0536. The Kier molecular flexibility index (Phi) is 3.41. The number of carbonyl (C=O) groups excluding carboxylic acids is 1. The van der Waals surface area contributed by atoms with Crippen molar-refractivity contribution in [1.29, 1.82) is 0 Å². The Morgan fingerprint density at radius 1 is 1.39 bits per heavy atom. The molecule has 1 aromatic heterocycles. The molecule has 0 radical (unpaired) electrons. The SMILES string of the molecule is CCC(=O)Nc1cc2c(C)ncnc2cc1OC. The lowest BCUT2D eigenvalue weighted by molar-refractivity contribution is -0.115. The van der Waals surface area contributed by atoms with Gasteiger partial charge < -0.3 is 10.1 Å². The summed E-state index contributed by atoms with van der Waals surface area (Å²) in [7, 11) is 1.57. The van der Waals surface area contributed by atoms with Crippen LogP contribution in [0.5, 0.6) is 5.75 Å². The van der Waals surface area contributed by atoms with Crippen LogP contribution in [0.15, 0.2) is 18.5 Å².